The third-order valence-electron chi connectivity index (χ3n) is 4.68. The van der Waals surface area contributed by atoms with E-state index < -0.39 is 6.03 Å². The van der Waals surface area contributed by atoms with Gasteiger partial charge in [-0.25, -0.2) is 4.79 Å². The van der Waals surface area contributed by atoms with E-state index in [1.165, 1.54) is 14.7 Å². The molecule has 2 aromatic rings. The number of nitrogens with one attached hydrogen (secondary N) is 4. The van der Waals surface area contributed by atoms with Gasteiger partial charge in [-0.15, -0.1) is 11.3 Å². The van der Waals surface area contributed by atoms with Crippen LogP contribution in [0, 0.1) is 0 Å². The van der Waals surface area contributed by atoms with Crippen LogP contribution in [0.3, 0.4) is 0 Å². The van der Waals surface area contributed by atoms with Crippen LogP contribution in [-0.2, 0) is 17.9 Å². The van der Waals surface area contributed by atoms with Crippen molar-refractivity contribution in [3.8, 4) is 0 Å². The molecule has 0 radical (unpaired) electrons. The fraction of sp³-hybridized carbons (Fsp3) is 0.368. The number of thiophene rings is 1. The number of carbonyl (C=O) groups excluding carboxylic acids is 2. The smallest absolute Gasteiger partial charge is 0.321 e. The van der Waals surface area contributed by atoms with Crippen molar-refractivity contribution in [2.45, 2.75) is 13.1 Å². The van der Waals surface area contributed by atoms with Gasteiger partial charge in [-0.3, -0.25) is 10.1 Å². The van der Waals surface area contributed by atoms with E-state index in [2.05, 4.69) is 16.7 Å². The molecule has 1 aromatic heterocycles. The van der Waals surface area contributed by atoms with Crippen LogP contribution in [0.4, 0.5) is 4.79 Å². The summed E-state index contributed by atoms with van der Waals surface area (Å²) in [6.07, 6.45) is 0. The number of hydrogen-bond donors (Lipinski definition) is 4. The number of imide groups is 1. The fourth-order valence-electron chi connectivity index (χ4n) is 3.22. The van der Waals surface area contributed by atoms with Crippen LogP contribution < -0.4 is 20.4 Å². The Morgan fingerprint density at radius 3 is 2.37 bits per heavy atom. The van der Waals surface area contributed by atoms with E-state index >= 15 is 0 Å². The third kappa shape index (κ3) is 6.62. The van der Waals surface area contributed by atoms with Crippen molar-refractivity contribution >= 4 is 34.9 Å². The van der Waals surface area contributed by atoms with Crippen molar-refractivity contribution in [2.24, 2.45) is 0 Å². The Labute approximate surface area is 168 Å². The second-order valence-corrected chi connectivity index (χ2v) is 8.58. The SMILES string of the molecule is O=C(C[NH+]1CC[NH+](Cc2ccc(Cl)s2)CC1)NC(=O)NCc1ccccc1. The largest absolute Gasteiger partial charge is 0.334 e. The summed E-state index contributed by atoms with van der Waals surface area (Å²) in [5.74, 6) is -0.232. The summed E-state index contributed by atoms with van der Waals surface area (Å²) in [6.45, 7) is 5.59. The molecule has 0 spiro atoms. The summed E-state index contributed by atoms with van der Waals surface area (Å²) in [5.41, 5.74) is 0.997. The maximum Gasteiger partial charge on any atom is 0.321 e. The van der Waals surface area contributed by atoms with Crippen LogP contribution in [0.2, 0.25) is 4.34 Å². The molecule has 8 heteroatoms. The zero-order valence-corrected chi connectivity index (χ0v) is 16.7. The second-order valence-electron chi connectivity index (χ2n) is 6.78. The van der Waals surface area contributed by atoms with Crippen LogP contribution in [0.15, 0.2) is 42.5 Å². The molecule has 27 heavy (non-hydrogen) atoms. The van der Waals surface area contributed by atoms with Gasteiger partial charge >= 0.3 is 6.03 Å². The van der Waals surface area contributed by atoms with Crippen LogP contribution in [0.25, 0.3) is 0 Å². The number of benzene rings is 1. The molecule has 3 amide bonds. The Balaban J connectivity index is 1.33. The zero-order valence-electron chi connectivity index (χ0n) is 15.1. The molecule has 6 nitrogen and oxygen atoms in total. The van der Waals surface area contributed by atoms with Gasteiger partial charge in [-0.1, -0.05) is 41.9 Å². The molecule has 0 atom stereocenters. The van der Waals surface area contributed by atoms with E-state index in [0.717, 1.165) is 42.6 Å². The molecule has 2 heterocycles. The highest BCUT2D eigenvalue weighted by molar-refractivity contribution is 7.16. The normalized spacial score (nSPS) is 19.4. The van der Waals surface area contributed by atoms with Gasteiger partial charge < -0.3 is 15.1 Å². The van der Waals surface area contributed by atoms with Crippen molar-refractivity contribution in [1.29, 1.82) is 0 Å². The minimum absolute atomic E-state index is 0.232. The standard InChI is InChI=1S/C19H23ClN4O2S/c20-17-7-6-16(27-17)13-23-8-10-24(11-9-23)14-18(25)22-19(26)21-12-15-4-2-1-3-5-15/h1-7H,8-14H2,(H2,21,22,25,26)/p+2. The summed E-state index contributed by atoms with van der Waals surface area (Å²) in [5, 5.41) is 5.13. The molecular weight excluding hydrogens is 384 g/mol. The zero-order chi connectivity index (χ0) is 19.1. The molecule has 1 fully saturated rings. The summed E-state index contributed by atoms with van der Waals surface area (Å²) >= 11 is 7.62. The quantitative estimate of drug-likeness (QED) is 0.530. The van der Waals surface area contributed by atoms with E-state index in [0.29, 0.717) is 13.1 Å². The Hall–Kier alpha value is -1.93. The Bertz CT molecular complexity index is 760. The van der Waals surface area contributed by atoms with Crippen molar-refractivity contribution in [1.82, 2.24) is 10.6 Å². The molecular formula is C19H25ClN4O2S+2. The van der Waals surface area contributed by atoms with E-state index in [1.807, 2.05) is 36.4 Å². The van der Waals surface area contributed by atoms with Gasteiger partial charge in [0.2, 0.25) is 0 Å². The number of piperazine rings is 1. The van der Waals surface area contributed by atoms with Gasteiger partial charge in [0.25, 0.3) is 5.91 Å². The molecule has 1 saturated heterocycles. The molecule has 1 aromatic carbocycles. The van der Waals surface area contributed by atoms with Crippen molar-refractivity contribution in [3.05, 3.63) is 57.2 Å². The molecule has 144 valence electrons. The number of urea groups is 1. The average molecular weight is 409 g/mol. The highest BCUT2D eigenvalue weighted by atomic mass is 35.5. The fourth-order valence-corrected chi connectivity index (χ4v) is 4.38. The predicted molar refractivity (Wildman–Crippen MR) is 106 cm³/mol. The Kier molecular flexibility index (Phi) is 7.23. The first-order valence-electron chi connectivity index (χ1n) is 9.11. The summed E-state index contributed by atoms with van der Waals surface area (Å²) < 4.78 is 0.830. The van der Waals surface area contributed by atoms with Crippen LogP contribution in [0.1, 0.15) is 10.4 Å². The predicted octanol–water partition coefficient (Wildman–Crippen LogP) is -0.289. The van der Waals surface area contributed by atoms with Crippen molar-refractivity contribution in [2.75, 3.05) is 32.7 Å². The monoisotopic (exact) mass is 408 g/mol. The highest BCUT2D eigenvalue weighted by Gasteiger charge is 2.25. The van der Waals surface area contributed by atoms with Crippen LogP contribution in [-0.4, -0.2) is 44.7 Å². The molecule has 0 bridgehead atoms. The second kappa shape index (κ2) is 9.85. The summed E-state index contributed by atoms with van der Waals surface area (Å²) in [6, 6.07) is 13.2. The molecule has 3 rings (SSSR count). The topological polar surface area (TPSA) is 67.1 Å². The molecule has 0 saturated carbocycles. The third-order valence-corrected chi connectivity index (χ3v) is 5.91. The maximum absolute atomic E-state index is 12.1. The molecule has 0 aliphatic carbocycles. The molecule has 0 unspecified atom stereocenters. The van der Waals surface area contributed by atoms with Gasteiger partial charge in [0, 0.05) is 6.54 Å². The maximum atomic E-state index is 12.1. The number of rotatable bonds is 6. The summed E-state index contributed by atoms with van der Waals surface area (Å²) in [4.78, 5) is 28.0. The van der Waals surface area contributed by atoms with E-state index in [4.69, 9.17) is 11.6 Å². The summed E-state index contributed by atoms with van der Waals surface area (Å²) in [7, 11) is 0. The lowest BCUT2D eigenvalue weighted by Crippen LogP contribution is -3.28. The highest BCUT2D eigenvalue weighted by Crippen LogP contribution is 2.20. The number of hydrogen-bond acceptors (Lipinski definition) is 3. The van der Waals surface area contributed by atoms with Gasteiger partial charge in [-0.05, 0) is 17.7 Å². The minimum Gasteiger partial charge on any atom is -0.334 e. The van der Waals surface area contributed by atoms with E-state index in [1.54, 1.807) is 11.3 Å². The Morgan fingerprint density at radius 1 is 1.00 bits per heavy atom. The average Bonchev–Trinajstić information content (AvgIpc) is 3.07. The van der Waals surface area contributed by atoms with E-state index in [9.17, 15) is 9.59 Å². The van der Waals surface area contributed by atoms with Crippen LogP contribution >= 0.6 is 22.9 Å². The lowest BCUT2D eigenvalue weighted by Gasteiger charge is -2.29. The number of quaternary nitrogens is 2. The van der Waals surface area contributed by atoms with Crippen LogP contribution in [0.5, 0.6) is 0 Å². The van der Waals surface area contributed by atoms with Crippen molar-refractivity contribution < 1.29 is 19.4 Å². The first-order chi connectivity index (χ1) is 13.1. The van der Waals surface area contributed by atoms with Gasteiger partial charge in [0.05, 0.1) is 9.21 Å². The van der Waals surface area contributed by atoms with E-state index in [-0.39, 0.29) is 5.91 Å². The number of halogens is 1. The number of amides is 3. The molecule has 1 aliphatic rings. The minimum atomic E-state index is -0.443. The lowest BCUT2D eigenvalue weighted by molar-refractivity contribution is -1.01. The van der Waals surface area contributed by atoms with Crippen molar-refractivity contribution in [3.63, 3.8) is 0 Å². The first-order valence-corrected chi connectivity index (χ1v) is 10.3. The first kappa shape index (κ1) is 19.8. The van der Waals surface area contributed by atoms with Gasteiger partial charge in [0.15, 0.2) is 6.54 Å². The molecule has 1 aliphatic heterocycles. The number of carbonyl (C=O) groups is 2. The molecule has 4 N–H and O–H groups in total. The Morgan fingerprint density at radius 2 is 1.70 bits per heavy atom. The lowest BCUT2D eigenvalue weighted by atomic mass is 10.2. The van der Waals surface area contributed by atoms with Gasteiger partial charge in [-0.2, -0.15) is 0 Å². The van der Waals surface area contributed by atoms with Gasteiger partial charge in [0.1, 0.15) is 32.7 Å².